The van der Waals surface area contributed by atoms with Crippen molar-refractivity contribution in [3.05, 3.63) is 65.7 Å². The van der Waals surface area contributed by atoms with E-state index in [1.165, 1.54) is 5.56 Å². The molecule has 0 spiro atoms. The number of ether oxygens (including phenoxy) is 2. The van der Waals surface area contributed by atoms with Crippen LogP contribution in [0.4, 0.5) is 10.5 Å². The Bertz CT molecular complexity index is 1030. The van der Waals surface area contributed by atoms with Crippen molar-refractivity contribution in [3.63, 3.8) is 0 Å². The third-order valence-corrected chi connectivity index (χ3v) is 7.12. The number of piperidine rings is 1. The third-order valence-electron chi connectivity index (χ3n) is 7.12. The van der Waals surface area contributed by atoms with Gasteiger partial charge in [-0.15, -0.1) is 0 Å². The molecule has 8 nitrogen and oxygen atoms in total. The van der Waals surface area contributed by atoms with E-state index in [0.717, 1.165) is 32.4 Å². The molecule has 5 atom stereocenters. The van der Waals surface area contributed by atoms with Crippen LogP contribution in [-0.2, 0) is 15.9 Å². The van der Waals surface area contributed by atoms with Crippen LogP contribution in [0.3, 0.4) is 0 Å². The molecule has 2 amide bonds. The van der Waals surface area contributed by atoms with Crippen LogP contribution in [0.15, 0.2) is 54.6 Å². The van der Waals surface area contributed by atoms with E-state index in [1.807, 2.05) is 6.07 Å². The summed E-state index contributed by atoms with van der Waals surface area (Å²) >= 11 is 0. The molecule has 0 aromatic heterocycles. The van der Waals surface area contributed by atoms with E-state index in [9.17, 15) is 9.90 Å². The van der Waals surface area contributed by atoms with Crippen LogP contribution in [0.5, 0.6) is 0 Å². The third kappa shape index (κ3) is 4.93. The topological polar surface area (TPSA) is 107 Å². The second-order valence-corrected chi connectivity index (χ2v) is 9.34. The van der Waals surface area contributed by atoms with Gasteiger partial charge in [0.05, 0.1) is 36.4 Å². The lowest BCUT2D eigenvalue weighted by Gasteiger charge is -2.46. The van der Waals surface area contributed by atoms with Gasteiger partial charge in [-0.05, 0) is 62.0 Å². The van der Waals surface area contributed by atoms with E-state index in [1.54, 1.807) is 24.3 Å². The largest absolute Gasteiger partial charge is 0.389 e. The van der Waals surface area contributed by atoms with Crippen molar-refractivity contribution in [2.45, 2.75) is 49.8 Å². The second kappa shape index (κ2) is 10.1. The number of amides is 2. The van der Waals surface area contributed by atoms with Gasteiger partial charge in [-0.2, -0.15) is 5.26 Å². The van der Waals surface area contributed by atoms with Gasteiger partial charge in [0.1, 0.15) is 6.10 Å². The summed E-state index contributed by atoms with van der Waals surface area (Å²) in [4.78, 5) is 14.9. The highest BCUT2D eigenvalue weighted by atomic mass is 16.7. The summed E-state index contributed by atoms with van der Waals surface area (Å²) < 4.78 is 11.9. The van der Waals surface area contributed by atoms with Gasteiger partial charge >= 0.3 is 6.03 Å². The van der Waals surface area contributed by atoms with E-state index in [2.05, 4.69) is 45.9 Å². The van der Waals surface area contributed by atoms with Gasteiger partial charge < -0.3 is 25.2 Å². The minimum absolute atomic E-state index is 0.330. The number of aliphatic hydroxyl groups excluding tert-OH is 1. The molecule has 0 radical (unpaired) electrons. The Labute approximate surface area is 199 Å². The first-order chi connectivity index (χ1) is 16.6. The second-order valence-electron chi connectivity index (χ2n) is 9.34. The van der Waals surface area contributed by atoms with Crippen LogP contribution < -0.4 is 10.6 Å². The summed E-state index contributed by atoms with van der Waals surface area (Å²) in [5, 5.41) is 26.0. The van der Waals surface area contributed by atoms with Crippen LogP contribution in [0, 0.1) is 17.2 Å². The van der Waals surface area contributed by atoms with Crippen molar-refractivity contribution in [1.82, 2.24) is 10.2 Å². The molecule has 2 bridgehead atoms. The molecule has 0 saturated carbocycles. The van der Waals surface area contributed by atoms with E-state index < -0.39 is 30.6 Å². The number of fused-ring (bicyclic) bond motifs is 2. The molecule has 3 heterocycles. The number of benzene rings is 2. The maximum absolute atomic E-state index is 12.7. The fraction of sp³-hybridized carbons (Fsp3) is 0.462. The maximum atomic E-state index is 12.7. The molecule has 3 N–H and O–H groups in total. The van der Waals surface area contributed by atoms with Crippen molar-refractivity contribution < 1.29 is 19.4 Å². The zero-order valence-electron chi connectivity index (χ0n) is 19.0. The molecular weight excluding hydrogens is 432 g/mol. The smallest absolute Gasteiger partial charge is 0.319 e. The Kier molecular flexibility index (Phi) is 6.79. The van der Waals surface area contributed by atoms with Crippen molar-refractivity contribution in [2.75, 3.05) is 25.0 Å². The van der Waals surface area contributed by atoms with Gasteiger partial charge in [-0.3, -0.25) is 4.90 Å². The van der Waals surface area contributed by atoms with E-state index >= 15 is 0 Å². The first kappa shape index (κ1) is 22.8. The summed E-state index contributed by atoms with van der Waals surface area (Å²) in [6, 6.07) is 17.9. The zero-order chi connectivity index (χ0) is 23.5. The van der Waals surface area contributed by atoms with Gasteiger partial charge in [-0.1, -0.05) is 36.4 Å². The van der Waals surface area contributed by atoms with Gasteiger partial charge in [0.15, 0.2) is 6.29 Å². The molecule has 0 unspecified atom stereocenters. The van der Waals surface area contributed by atoms with E-state index in [-0.39, 0.29) is 6.04 Å². The summed E-state index contributed by atoms with van der Waals surface area (Å²) in [7, 11) is 0. The number of hydrogen-bond acceptors (Lipinski definition) is 6. The van der Waals surface area contributed by atoms with Crippen molar-refractivity contribution in [1.29, 1.82) is 5.26 Å². The van der Waals surface area contributed by atoms with E-state index in [0.29, 0.717) is 23.8 Å². The predicted octanol–water partition coefficient (Wildman–Crippen LogP) is 2.49. The Hall–Kier alpha value is -2.96. The molecule has 178 valence electrons. The zero-order valence-corrected chi connectivity index (χ0v) is 19.0. The van der Waals surface area contributed by atoms with Crippen LogP contribution in [0.2, 0.25) is 0 Å². The number of nitrogens with one attached hydrogen (secondary N) is 2. The highest BCUT2D eigenvalue weighted by Gasteiger charge is 2.52. The number of carbonyl (C=O) groups is 1. The molecule has 8 heteroatoms. The summed E-state index contributed by atoms with van der Waals surface area (Å²) in [5.41, 5.74) is 2.33. The Morgan fingerprint density at radius 3 is 2.71 bits per heavy atom. The van der Waals surface area contributed by atoms with Gasteiger partial charge in [0.2, 0.25) is 0 Å². The van der Waals surface area contributed by atoms with Crippen molar-refractivity contribution >= 4 is 11.7 Å². The number of hydrogen-bond donors (Lipinski definition) is 3. The minimum Gasteiger partial charge on any atom is -0.389 e. The summed E-state index contributed by atoms with van der Waals surface area (Å²) in [6.45, 7) is 2.04. The monoisotopic (exact) mass is 462 g/mol. The number of carbonyl (C=O) groups excluding carboxylic acids is 1. The van der Waals surface area contributed by atoms with Gasteiger partial charge in [-0.25, -0.2) is 4.79 Å². The minimum atomic E-state index is -0.812. The molecule has 3 fully saturated rings. The number of anilines is 1. The van der Waals surface area contributed by atoms with Crippen LogP contribution in [0.1, 0.15) is 24.0 Å². The molecule has 2 aromatic carbocycles. The van der Waals surface area contributed by atoms with Gasteiger partial charge in [0, 0.05) is 5.69 Å². The number of aliphatic hydroxyl groups is 1. The highest BCUT2D eigenvalue weighted by Crippen LogP contribution is 2.34. The highest BCUT2D eigenvalue weighted by molar-refractivity contribution is 5.89. The average Bonchev–Trinajstić information content (AvgIpc) is 3.29. The molecular formula is C26H30N4O4. The normalized spacial score (nSPS) is 29.4. The number of likely N-dealkylation sites (tertiary alicyclic amines) is 1. The molecule has 3 aliphatic rings. The molecule has 3 saturated heterocycles. The lowest BCUT2D eigenvalue weighted by molar-refractivity contribution is -0.184. The molecule has 2 aromatic rings. The quantitative estimate of drug-likeness (QED) is 0.630. The van der Waals surface area contributed by atoms with Gasteiger partial charge in [0.25, 0.3) is 0 Å². The SMILES string of the molecule is N#Cc1cccc(NC(=O)N[C@H]2[C@H](O)[C@H](N3CCC(Cc4ccccc4)CC3)[C@@H]3OC[C@@H]2O3)c1. The van der Waals surface area contributed by atoms with E-state index in [4.69, 9.17) is 14.7 Å². The molecule has 3 aliphatic heterocycles. The number of urea groups is 1. The Morgan fingerprint density at radius 1 is 1.15 bits per heavy atom. The number of rotatable bonds is 5. The van der Waals surface area contributed by atoms with Crippen molar-refractivity contribution in [2.24, 2.45) is 5.92 Å². The summed E-state index contributed by atoms with van der Waals surface area (Å²) in [5.74, 6) is 0.612. The Morgan fingerprint density at radius 2 is 1.94 bits per heavy atom. The van der Waals surface area contributed by atoms with Crippen molar-refractivity contribution in [3.8, 4) is 6.07 Å². The number of nitrogens with zero attached hydrogens (tertiary/aromatic N) is 2. The average molecular weight is 463 g/mol. The number of nitriles is 1. The lowest BCUT2D eigenvalue weighted by Crippen LogP contribution is -2.66. The fourth-order valence-corrected chi connectivity index (χ4v) is 5.36. The standard InChI is InChI=1S/C26H30N4O4/c27-15-19-7-4-8-20(14-19)28-26(32)29-22-21-16-33-25(34-21)23(24(22)31)30-11-9-18(10-12-30)13-17-5-2-1-3-6-17/h1-8,14,18,21-25,31H,9-13,16H2,(H2,28,29,32)/t21-,22+,23-,24-,25+/m0/s1. The first-order valence-corrected chi connectivity index (χ1v) is 11.9. The predicted molar refractivity (Wildman–Crippen MR) is 126 cm³/mol. The fourth-order valence-electron chi connectivity index (χ4n) is 5.36. The lowest BCUT2D eigenvalue weighted by atomic mass is 9.87. The summed E-state index contributed by atoms with van der Waals surface area (Å²) in [6.07, 6.45) is 1.46. The molecule has 5 rings (SSSR count). The Balaban J connectivity index is 1.20. The maximum Gasteiger partial charge on any atom is 0.319 e. The molecule has 34 heavy (non-hydrogen) atoms. The first-order valence-electron chi connectivity index (χ1n) is 11.9. The van der Waals surface area contributed by atoms with Crippen LogP contribution in [-0.4, -0.2) is 66.3 Å². The molecule has 0 aliphatic carbocycles. The van der Waals surface area contributed by atoms with Crippen LogP contribution >= 0.6 is 0 Å². The van der Waals surface area contributed by atoms with Crippen LogP contribution in [0.25, 0.3) is 0 Å².